The molecule has 0 aromatic carbocycles. The number of carbonyl (C=O) groups is 1. The molecule has 2 N–H and O–H groups in total. The molecule has 2 aliphatic carbocycles. The normalized spacial score (nSPS) is 27.0. The van der Waals surface area contributed by atoms with Crippen LogP contribution in [0.2, 0.25) is 0 Å². The molecule has 3 rings (SSSR count). The van der Waals surface area contributed by atoms with Crippen LogP contribution in [-0.2, 0) is 0 Å². The monoisotopic (exact) mass is 295 g/mol. The van der Waals surface area contributed by atoms with E-state index in [0.29, 0.717) is 23.2 Å². The maximum absolute atomic E-state index is 13.1. The molecule has 0 saturated heterocycles. The molecule has 2 bridgehead atoms. The van der Waals surface area contributed by atoms with Gasteiger partial charge in [0.05, 0.1) is 6.20 Å². The molecule has 1 amide bonds. The van der Waals surface area contributed by atoms with Gasteiger partial charge in [-0.15, -0.1) is 0 Å². The van der Waals surface area contributed by atoms with Crippen molar-refractivity contribution in [1.82, 2.24) is 14.9 Å². The highest BCUT2D eigenvalue weighted by Crippen LogP contribution is 2.49. The Morgan fingerprint density at radius 2 is 2.19 bits per heavy atom. The molecule has 21 heavy (non-hydrogen) atoms. The highest BCUT2D eigenvalue weighted by molar-refractivity contribution is 5.76. The van der Waals surface area contributed by atoms with Crippen LogP contribution in [0.15, 0.2) is 15.8 Å². The number of H-pyrrole nitrogens is 1. The number of nitrogens with zero attached hydrogens (tertiary/aromatic N) is 1. The van der Waals surface area contributed by atoms with E-state index in [4.69, 9.17) is 0 Å². The molecule has 1 aromatic heterocycles. The third kappa shape index (κ3) is 2.77. The van der Waals surface area contributed by atoms with Crippen molar-refractivity contribution in [3.63, 3.8) is 0 Å². The minimum Gasteiger partial charge on any atom is -0.337 e. The van der Waals surface area contributed by atoms with Gasteiger partial charge in [0.15, 0.2) is 0 Å². The molecule has 3 atom stereocenters. The van der Waals surface area contributed by atoms with Gasteiger partial charge in [-0.05, 0) is 43.4 Å². The van der Waals surface area contributed by atoms with Gasteiger partial charge in [-0.1, -0.05) is 6.42 Å². The van der Waals surface area contributed by atoms with E-state index in [0.717, 1.165) is 18.3 Å². The lowest BCUT2D eigenvalue weighted by Crippen LogP contribution is -2.41. The van der Waals surface area contributed by atoms with Crippen LogP contribution < -0.4 is 16.6 Å². The number of rotatable bonds is 3. The molecule has 0 spiro atoms. The fourth-order valence-electron chi connectivity index (χ4n) is 3.78. The smallest absolute Gasteiger partial charge is 0.336 e. The Labute approximate surface area is 120 Å². The van der Waals surface area contributed by atoms with E-state index >= 15 is 0 Å². The zero-order valence-corrected chi connectivity index (χ0v) is 11.6. The van der Waals surface area contributed by atoms with Crippen molar-refractivity contribution in [1.29, 1.82) is 0 Å². The quantitative estimate of drug-likeness (QED) is 0.874. The van der Waals surface area contributed by atoms with Crippen LogP contribution in [0.4, 0.5) is 9.18 Å². The van der Waals surface area contributed by atoms with E-state index in [1.54, 1.807) is 4.98 Å². The second-order valence-electron chi connectivity index (χ2n) is 6.06. The third-order valence-electron chi connectivity index (χ3n) is 4.79. The number of aromatic nitrogens is 2. The summed E-state index contributed by atoms with van der Waals surface area (Å²) in [4.78, 5) is 35.9. The molecule has 114 valence electrons. The molecule has 3 unspecified atom stereocenters. The minimum absolute atomic E-state index is 0.458. The van der Waals surface area contributed by atoms with Gasteiger partial charge in [0, 0.05) is 6.54 Å². The van der Waals surface area contributed by atoms with E-state index < -0.39 is 23.1 Å². The summed E-state index contributed by atoms with van der Waals surface area (Å²) >= 11 is 0. The summed E-state index contributed by atoms with van der Waals surface area (Å²) < 4.78 is 13.7. The van der Waals surface area contributed by atoms with Crippen LogP contribution >= 0.6 is 0 Å². The minimum atomic E-state index is -1.15. The summed E-state index contributed by atoms with van der Waals surface area (Å²) in [7, 11) is 0. The predicted octanol–water partition coefficient (Wildman–Crippen LogP) is 1.06. The van der Waals surface area contributed by atoms with Crippen LogP contribution in [0.1, 0.15) is 32.1 Å². The zero-order valence-electron chi connectivity index (χ0n) is 11.6. The summed E-state index contributed by atoms with van der Waals surface area (Å²) in [5.74, 6) is 1.12. The van der Waals surface area contributed by atoms with Crippen LogP contribution in [0.25, 0.3) is 0 Å². The molecule has 6 nitrogen and oxygen atoms in total. The summed E-state index contributed by atoms with van der Waals surface area (Å²) in [6, 6.07) is -0.710. The molecule has 2 fully saturated rings. The average molecular weight is 295 g/mol. The van der Waals surface area contributed by atoms with Crippen molar-refractivity contribution in [2.75, 3.05) is 6.54 Å². The first-order valence-electron chi connectivity index (χ1n) is 7.34. The number of hydrogen-bond acceptors (Lipinski definition) is 3. The van der Waals surface area contributed by atoms with Crippen molar-refractivity contribution in [2.24, 2.45) is 17.8 Å². The molecule has 2 aliphatic rings. The number of aromatic amines is 1. The Balaban J connectivity index is 1.56. The summed E-state index contributed by atoms with van der Waals surface area (Å²) in [6.07, 6.45) is 6.66. The van der Waals surface area contributed by atoms with Gasteiger partial charge >= 0.3 is 11.7 Å². The van der Waals surface area contributed by atoms with E-state index in [-0.39, 0.29) is 0 Å². The third-order valence-corrected chi connectivity index (χ3v) is 4.79. The first kappa shape index (κ1) is 14.0. The lowest BCUT2D eigenvalue weighted by atomic mass is 9.86. The van der Waals surface area contributed by atoms with E-state index in [9.17, 15) is 18.8 Å². The Hall–Kier alpha value is -1.92. The lowest BCUT2D eigenvalue weighted by molar-refractivity contribution is 0.238. The zero-order chi connectivity index (χ0) is 15.0. The van der Waals surface area contributed by atoms with Gasteiger partial charge in [-0.3, -0.25) is 9.78 Å². The van der Waals surface area contributed by atoms with Crippen molar-refractivity contribution >= 4 is 6.03 Å². The van der Waals surface area contributed by atoms with E-state index in [2.05, 4.69) is 5.32 Å². The average Bonchev–Trinajstić information content (AvgIpc) is 3.05. The maximum Gasteiger partial charge on any atom is 0.336 e. The summed E-state index contributed by atoms with van der Waals surface area (Å²) in [5.41, 5.74) is -2.05. The highest BCUT2D eigenvalue weighted by atomic mass is 19.1. The number of fused-ring (bicyclic) bond motifs is 2. The maximum atomic E-state index is 13.1. The first-order valence-corrected chi connectivity index (χ1v) is 7.34. The Morgan fingerprint density at radius 1 is 1.38 bits per heavy atom. The number of carbonyl (C=O) groups excluding carboxylic acids is 1. The standard InChI is InChI=1S/C14H18FN3O3/c15-11-7-18(14(21)17-12(11)19)13(20)16-4-3-10-6-8-1-2-9(10)5-8/h7-10H,1-6H2,(H,16,20)(H,17,19,21). The van der Waals surface area contributed by atoms with Gasteiger partial charge in [-0.25, -0.2) is 14.2 Å². The SMILES string of the molecule is O=C(NCCC1CC2CCC1C2)n1cc(F)c(=O)[nH]c1=O. The molecule has 7 heteroatoms. The highest BCUT2D eigenvalue weighted by Gasteiger charge is 2.38. The number of hydrogen-bond donors (Lipinski definition) is 2. The second kappa shape index (κ2) is 5.46. The summed E-state index contributed by atoms with van der Waals surface area (Å²) in [5, 5.41) is 2.61. The number of halogens is 1. The van der Waals surface area contributed by atoms with Crippen LogP contribution in [0.5, 0.6) is 0 Å². The van der Waals surface area contributed by atoms with Gasteiger partial charge < -0.3 is 5.32 Å². The molecular weight excluding hydrogens is 277 g/mol. The number of amides is 1. The molecule has 1 heterocycles. The molecule has 0 radical (unpaired) electrons. The second-order valence-corrected chi connectivity index (χ2v) is 6.06. The topological polar surface area (TPSA) is 84.0 Å². The van der Waals surface area contributed by atoms with Crippen LogP contribution in [-0.4, -0.2) is 22.1 Å². The molecule has 0 aliphatic heterocycles. The molecule has 2 saturated carbocycles. The van der Waals surface area contributed by atoms with Crippen molar-refractivity contribution in [3.05, 3.63) is 32.9 Å². The number of nitrogens with one attached hydrogen (secondary N) is 2. The summed E-state index contributed by atoms with van der Waals surface area (Å²) in [6.45, 7) is 0.458. The Bertz CT molecular complexity index is 666. The lowest BCUT2D eigenvalue weighted by Gasteiger charge is -2.21. The van der Waals surface area contributed by atoms with Crippen LogP contribution in [0, 0.1) is 23.6 Å². The van der Waals surface area contributed by atoms with Gasteiger partial charge in [0.25, 0.3) is 5.56 Å². The van der Waals surface area contributed by atoms with Crippen molar-refractivity contribution in [3.8, 4) is 0 Å². The molecular formula is C14H18FN3O3. The molecule has 1 aromatic rings. The van der Waals surface area contributed by atoms with E-state index in [1.165, 1.54) is 25.7 Å². The van der Waals surface area contributed by atoms with Crippen molar-refractivity contribution in [2.45, 2.75) is 32.1 Å². The van der Waals surface area contributed by atoms with Crippen molar-refractivity contribution < 1.29 is 9.18 Å². The fourth-order valence-corrected chi connectivity index (χ4v) is 3.78. The van der Waals surface area contributed by atoms with Gasteiger partial charge in [0.1, 0.15) is 0 Å². The van der Waals surface area contributed by atoms with Gasteiger partial charge in [-0.2, -0.15) is 4.39 Å². The Kier molecular flexibility index (Phi) is 3.65. The van der Waals surface area contributed by atoms with E-state index in [1.807, 2.05) is 0 Å². The Morgan fingerprint density at radius 3 is 2.86 bits per heavy atom. The van der Waals surface area contributed by atoms with Gasteiger partial charge in [0.2, 0.25) is 5.82 Å². The fraction of sp³-hybridized carbons (Fsp3) is 0.643. The van der Waals surface area contributed by atoms with Crippen LogP contribution in [0.3, 0.4) is 0 Å². The first-order chi connectivity index (χ1) is 10.0. The predicted molar refractivity (Wildman–Crippen MR) is 73.6 cm³/mol. The largest absolute Gasteiger partial charge is 0.337 e.